The van der Waals surface area contributed by atoms with Crippen molar-refractivity contribution in [2.45, 2.75) is 44.9 Å². The second kappa shape index (κ2) is 6.58. The minimum atomic E-state index is 0.0997. The van der Waals surface area contributed by atoms with Gasteiger partial charge in [-0.1, -0.05) is 48.5 Å². The van der Waals surface area contributed by atoms with E-state index >= 15 is 0 Å². The third-order valence-corrected chi connectivity index (χ3v) is 4.40. The molecule has 0 spiro atoms. The largest absolute Gasteiger partial charge is 0.299 e. The predicted molar refractivity (Wildman–Crippen MR) is 76.4 cm³/mol. The van der Waals surface area contributed by atoms with Crippen LogP contribution in [-0.2, 0) is 11.2 Å². The number of hydrogen-bond acceptors (Lipinski definition) is 1. The van der Waals surface area contributed by atoms with Crippen molar-refractivity contribution in [1.29, 1.82) is 0 Å². The zero-order chi connectivity index (χ0) is 13.0. The van der Waals surface area contributed by atoms with Gasteiger partial charge in [0.2, 0.25) is 0 Å². The van der Waals surface area contributed by atoms with Crippen molar-refractivity contribution in [3.8, 4) is 0 Å². The lowest BCUT2D eigenvalue weighted by molar-refractivity contribution is -0.123. The van der Waals surface area contributed by atoms with E-state index in [-0.39, 0.29) is 5.92 Å². The van der Waals surface area contributed by atoms with Crippen LogP contribution in [0.2, 0.25) is 10.0 Å². The van der Waals surface area contributed by atoms with Gasteiger partial charge in [0.05, 0.1) is 0 Å². The Labute approximate surface area is 118 Å². The van der Waals surface area contributed by atoms with Gasteiger partial charge in [-0.3, -0.25) is 4.79 Å². The van der Waals surface area contributed by atoms with E-state index in [4.69, 9.17) is 23.2 Å². The monoisotopic (exact) mass is 284 g/mol. The second-order valence-corrected chi connectivity index (χ2v) is 5.83. The average molecular weight is 285 g/mol. The second-order valence-electron chi connectivity index (χ2n) is 5.02. The molecule has 1 aromatic carbocycles. The zero-order valence-corrected chi connectivity index (χ0v) is 11.9. The summed E-state index contributed by atoms with van der Waals surface area (Å²) in [5, 5.41) is 1.36. The maximum Gasteiger partial charge on any atom is 0.136 e. The quantitative estimate of drug-likeness (QED) is 0.741. The van der Waals surface area contributed by atoms with Crippen molar-refractivity contribution < 1.29 is 4.79 Å². The molecule has 0 heterocycles. The van der Waals surface area contributed by atoms with Gasteiger partial charge in [0.15, 0.2) is 0 Å². The lowest BCUT2D eigenvalue weighted by Gasteiger charge is -2.19. The predicted octanol–water partition coefficient (Wildman–Crippen LogP) is 5.08. The fourth-order valence-electron chi connectivity index (χ4n) is 2.60. The van der Waals surface area contributed by atoms with Crippen LogP contribution >= 0.6 is 23.2 Å². The molecule has 0 aliphatic heterocycles. The Morgan fingerprint density at radius 1 is 1.06 bits per heavy atom. The van der Waals surface area contributed by atoms with Crippen molar-refractivity contribution in [2.75, 3.05) is 0 Å². The molecule has 0 saturated heterocycles. The summed E-state index contributed by atoms with van der Waals surface area (Å²) in [6, 6.07) is 5.53. The van der Waals surface area contributed by atoms with Gasteiger partial charge in [-0.25, -0.2) is 0 Å². The van der Waals surface area contributed by atoms with Crippen LogP contribution in [0.3, 0.4) is 0 Å². The van der Waals surface area contributed by atoms with Crippen molar-refractivity contribution in [3.63, 3.8) is 0 Å². The van der Waals surface area contributed by atoms with Gasteiger partial charge in [-0.2, -0.15) is 0 Å². The number of rotatable bonds is 2. The van der Waals surface area contributed by atoms with Crippen molar-refractivity contribution in [3.05, 3.63) is 33.8 Å². The Hall–Kier alpha value is -0.530. The smallest absolute Gasteiger partial charge is 0.136 e. The molecule has 1 nitrogen and oxygen atoms in total. The molecule has 3 heteroatoms. The summed E-state index contributed by atoms with van der Waals surface area (Å²) in [6.07, 6.45) is 6.97. The van der Waals surface area contributed by atoms with E-state index in [1.807, 2.05) is 18.2 Å². The molecule has 0 N–H and O–H groups in total. The van der Waals surface area contributed by atoms with Gasteiger partial charge in [0, 0.05) is 22.4 Å². The van der Waals surface area contributed by atoms with Gasteiger partial charge < -0.3 is 0 Å². The highest BCUT2D eigenvalue weighted by Gasteiger charge is 2.22. The number of carbonyl (C=O) groups excluding carboxylic acids is 1. The van der Waals surface area contributed by atoms with Crippen LogP contribution in [0.25, 0.3) is 0 Å². The molecule has 1 atom stereocenters. The summed E-state index contributed by atoms with van der Waals surface area (Å²) in [6.45, 7) is 0. The maximum absolute atomic E-state index is 12.1. The first-order valence-electron chi connectivity index (χ1n) is 6.64. The van der Waals surface area contributed by atoms with E-state index < -0.39 is 0 Å². The van der Waals surface area contributed by atoms with E-state index in [1.165, 1.54) is 12.8 Å². The first kappa shape index (κ1) is 13.9. The van der Waals surface area contributed by atoms with E-state index in [0.29, 0.717) is 28.7 Å². The normalized spacial score (nSPS) is 21.4. The molecule has 18 heavy (non-hydrogen) atoms. The number of ketones is 1. The molecule has 1 aliphatic rings. The van der Waals surface area contributed by atoms with E-state index in [1.54, 1.807) is 0 Å². The van der Waals surface area contributed by atoms with Crippen molar-refractivity contribution in [2.24, 2.45) is 5.92 Å². The van der Waals surface area contributed by atoms with Crippen LogP contribution < -0.4 is 0 Å². The van der Waals surface area contributed by atoms with E-state index in [9.17, 15) is 4.79 Å². The lowest BCUT2D eigenvalue weighted by atomic mass is 9.85. The molecule has 1 unspecified atom stereocenters. The number of benzene rings is 1. The highest BCUT2D eigenvalue weighted by Crippen LogP contribution is 2.30. The van der Waals surface area contributed by atoms with Crippen molar-refractivity contribution in [1.82, 2.24) is 0 Å². The minimum Gasteiger partial charge on any atom is -0.299 e. The third kappa shape index (κ3) is 3.49. The van der Waals surface area contributed by atoms with Crippen LogP contribution in [0, 0.1) is 5.92 Å². The molecular weight excluding hydrogens is 267 g/mol. The Morgan fingerprint density at radius 3 is 2.44 bits per heavy atom. The summed E-state index contributed by atoms with van der Waals surface area (Å²) in [5.74, 6) is 0.480. The molecule has 0 bridgehead atoms. The maximum atomic E-state index is 12.1. The highest BCUT2D eigenvalue weighted by molar-refractivity contribution is 6.36. The topological polar surface area (TPSA) is 17.1 Å². The van der Waals surface area contributed by atoms with Crippen LogP contribution in [0.5, 0.6) is 0 Å². The summed E-state index contributed by atoms with van der Waals surface area (Å²) < 4.78 is 0. The standard InChI is InChI=1S/C15H18Cl2O/c16-13-7-5-8-14(17)12(13)10-11-6-3-1-2-4-9-15(11)18/h5,7-8,11H,1-4,6,9-10H2. The number of hydrogen-bond donors (Lipinski definition) is 0. The van der Waals surface area contributed by atoms with Gasteiger partial charge in [0.1, 0.15) is 5.78 Å². The van der Waals surface area contributed by atoms with Crippen LogP contribution in [-0.4, -0.2) is 5.78 Å². The fourth-order valence-corrected chi connectivity index (χ4v) is 3.15. The molecule has 1 aromatic rings. The first-order chi connectivity index (χ1) is 8.68. The molecule has 98 valence electrons. The number of Topliss-reactive ketones (excluding diaryl/α,β-unsaturated/α-hetero) is 1. The molecule has 1 saturated carbocycles. The Balaban J connectivity index is 2.13. The molecule has 2 rings (SSSR count). The molecule has 0 radical (unpaired) electrons. The first-order valence-corrected chi connectivity index (χ1v) is 7.39. The van der Waals surface area contributed by atoms with Crippen LogP contribution in [0.1, 0.15) is 44.1 Å². The Kier molecular flexibility index (Phi) is 5.08. The molecule has 0 amide bonds. The lowest BCUT2D eigenvalue weighted by Crippen LogP contribution is -2.19. The molecule has 1 fully saturated rings. The molecule has 0 aromatic heterocycles. The summed E-state index contributed by atoms with van der Waals surface area (Å²) in [5.41, 5.74) is 0.930. The van der Waals surface area contributed by atoms with E-state index in [0.717, 1.165) is 24.8 Å². The average Bonchev–Trinajstić information content (AvgIpc) is 2.32. The summed E-state index contributed by atoms with van der Waals surface area (Å²) in [7, 11) is 0. The van der Waals surface area contributed by atoms with Crippen LogP contribution in [0.4, 0.5) is 0 Å². The SMILES string of the molecule is O=C1CCCCCCC1Cc1c(Cl)cccc1Cl. The fraction of sp³-hybridized carbons (Fsp3) is 0.533. The van der Waals surface area contributed by atoms with Gasteiger partial charge in [0.25, 0.3) is 0 Å². The number of carbonyl (C=O) groups is 1. The Morgan fingerprint density at radius 2 is 1.72 bits per heavy atom. The Bertz CT molecular complexity index is 408. The van der Waals surface area contributed by atoms with Gasteiger partial charge >= 0.3 is 0 Å². The molecule has 1 aliphatic carbocycles. The summed E-state index contributed by atoms with van der Waals surface area (Å²) in [4.78, 5) is 12.1. The van der Waals surface area contributed by atoms with E-state index in [2.05, 4.69) is 0 Å². The van der Waals surface area contributed by atoms with Crippen molar-refractivity contribution >= 4 is 29.0 Å². The highest BCUT2D eigenvalue weighted by atomic mass is 35.5. The zero-order valence-electron chi connectivity index (χ0n) is 10.4. The van der Waals surface area contributed by atoms with Gasteiger partial charge in [-0.05, 0) is 37.0 Å². The summed E-state index contributed by atoms with van der Waals surface area (Å²) >= 11 is 12.3. The third-order valence-electron chi connectivity index (χ3n) is 3.69. The number of halogens is 2. The van der Waals surface area contributed by atoms with Crippen LogP contribution in [0.15, 0.2) is 18.2 Å². The minimum absolute atomic E-state index is 0.0997. The molecular formula is C15H18Cl2O. The van der Waals surface area contributed by atoms with Gasteiger partial charge in [-0.15, -0.1) is 0 Å².